The first-order valence-electron chi connectivity index (χ1n) is 10.6. The van der Waals surface area contributed by atoms with E-state index in [0.717, 1.165) is 18.7 Å². The predicted octanol–water partition coefficient (Wildman–Crippen LogP) is 1.51. The molecule has 32 heavy (non-hydrogen) atoms. The molecule has 1 atom stereocenters. The fraction of sp³-hybridized carbons (Fsp3) is 0.409. The molecular formula is C22H27FN6O3. The molecule has 0 unspecified atom stereocenters. The van der Waals surface area contributed by atoms with Crippen LogP contribution in [0.15, 0.2) is 42.7 Å². The molecule has 4 rings (SSSR count). The van der Waals surface area contributed by atoms with Gasteiger partial charge < -0.3 is 15.0 Å². The van der Waals surface area contributed by atoms with Gasteiger partial charge >= 0.3 is 6.09 Å². The SMILES string of the molecule is CC(=O)NC[C@H]1CN(c2ccc(N3CCNN(Cc4cccnc4)CC3)c(F)c2)C(=O)O1. The lowest BCUT2D eigenvalue weighted by atomic mass is 10.2. The predicted molar refractivity (Wildman–Crippen MR) is 118 cm³/mol. The summed E-state index contributed by atoms with van der Waals surface area (Å²) in [7, 11) is 0. The van der Waals surface area contributed by atoms with Crippen LogP contribution in [0.5, 0.6) is 0 Å². The first kappa shape index (κ1) is 22.0. The molecule has 2 amide bonds. The Morgan fingerprint density at radius 1 is 1.31 bits per heavy atom. The molecule has 2 aliphatic heterocycles. The molecule has 3 heterocycles. The van der Waals surface area contributed by atoms with Gasteiger partial charge in [0.15, 0.2) is 0 Å². The fourth-order valence-corrected chi connectivity index (χ4v) is 3.88. The van der Waals surface area contributed by atoms with Crippen molar-refractivity contribution in [3.8, 4) is 0 Å². The van der Waals surface area contributed by atoms with Gasteiger partial charge in [-0.3, -0.25) is 20.1 Å². The van der Waals surface area contributed by atoms with Crippen molar-refractivity contribution in [3.63, 3.8) is 0 Å². The molecule has 2 saturated heterocycles. The molecule has 1 aromatic carbocycles. The van der Waals surface area contributed by atoms with E-state index in [0.29, 0.717) is 31.0 Å². The molecule has 2 N–H and O–H groups in total. The van der Waals surface area contributed by atoms with Gasteiger partial charge in [-0.05, 0) is 29.8 Å². The van der Waals surface area contributed by atoms with E-state index in [1.54, 1.807) is 18.3 Å². The first-order chi connectivity index (χ1) is 15.5. The highest BCUT2D eigenvalue weighted by Crippen LogP contribution is 2.28. The molecule has 2 fully saturated rings. The van der Waals surface area contributed by atoms with Crippen LogP contribution in [0.3, 0.4) is 0 Å². The van der Waals surface area contributed by atoms with Gasteiger partial charge in [0.25, 0.3) is 0 Å². The van der Waals surface area contributed by atoms with Crippen LogP contribution in [-0.4, -0.2) is 67.4 Å². The van der Waals surface area contributed by atoms with Crippen molar-refractivity contribution >= 4 is 23.4 Å². The molecule has 1 aromatic heterocycles. The van der Waals surface area contributed by atoms with Gasteiger partial charge in [-0.2, -0.15) is 0 Å². The second-order valence-electron chi connectivity index (χ2n) is 7.87. The van der Waals surface area contributed by atoms with E-state index in [1.807, 2.05) is 23.2 Å². The minimum Gasteiger partial charge on any atom is -0.442 e. The minimum atomic E-state index is -0.544. The van der Waals surface area contributed by atoms with Crippen molar-refractivity contribution in [2.75, 3.05) is 49.1 Å². The maximum absolute atomic E-state index is 15.0. The second-order valence-corrected chi connectivity index (χ2v) is 7.87. The number of anilines is 2. The smallest absolute Gasteiger partial charge is 0.414 e. The average Bonchev–Trinajstić information content (AvgIpc) is 3.00. The van der Waals surface area contributed by atoms with E-state index in [-0.39, 0.29) is 24.8 Å². The zero-order valence-corrected chi connectivity index (χ0v) is 18.0. The number of pyridine rings is 1. The summed E-state index contributed by atoms with van der Waals surface area (Å²) in [6, 6.07) is 8.74. The lowest BCUT2D eigenvalue weighted by molar-refractivity contribution is -0.119. The quantitative estimate of drug-likeness (QED) is 0.701. The lowest BCUT2D eigenvalue weighted by Gasteiger charge is -2.24. The normalized spacial score (nSPS) is 19.6. The number of hydrazine groups is 1. The molecule has 0 bridgehead atoms. The van der Waals surface area contributed by atoms with Crippen LogP contribution in [0.25, 0.3) is 0 Å². The van der Waals surface area contributed by atoms with Gasteiger partial charge in [-0.1, -0.05) is 6.07 Å². The van der Waals surface area contributed by atoms with Crippen LogP contribution in [0.2, 0.25) is 0 Å². The van der Waals surface area contributed by atoms with Gasteiger partial charge in [-0.15, -0.1) is 0 Å². The Balaban J connectivity index is 1.38. The Morgan fingerprint density at radius 3 is 2.94 bits per heavy atom. The minimum absolute atomic E-state index is 0.194. The Morgan fingerprint density at radius 2 is 2.19 bits per heavy atom. The van der Waals surface area contributed by atoms with Gasteiger partial charge in [-0.25, -0.2) is 14.2 Å². The van der Waals surface area contributed by atoms with Crippen molar-refractivity contribution in [2.45, 2.75) is 19.6 Å². The zero-order chi connectivity index (χ0) is 22.5. The standard InChI is InChI=1S/C22H27FN6O3/c1-16(30)25-13-19-15-29(22(31)32-19)18-4-5-21(20(23)11-18)27-8-7-26-28(10-9-27)14-17-3-2-6-24-12-17/h2-6,11-12,19,26H,7-10,13-15H2,1H3,(H,25,30)/t19-/m0/s1. The number of benzene rings is 1. The number of rotatable bonds is 6. The zero-order valence-electron chi connectivity index (χ0n) is 18.0. The summed E-state index contributed by atoms with van der Waals surface area (Å²) < 4.78 is 20.3. The second kappa shape index (κ2) is 9.92. The molecule has 9 nitrogen and oxygen atoms in total. The number of hydrogen-bond donors (Lipinski definition) is 2. The summed E-state index contributed by atoms with van der Waals surface area (Å²) >= 11 is 0. The number of halogens is 1. The van der Waals surface area contributed by atoms with Gasteiger partial charge in [0, 0.05) is 52.0 Å². The summed E-state index contributed by atoms with van der Waals surface area (Å²) in [5.74, 6) is -0.581. The van der Waals surface area contributed by atoms with Crippen LogP contribution >= 0.6 is 0 Å². The molecule has 2 aliphatic rings. The molecular weight excluding hydrogens is 415 g/mol. The van der Waals surface area contributed by atoms with E-state index in [4.69, 9.17) is 4.74 Å². The molecule has 0 spiro atoms. The maximum atomic E-state index is 15.0. The third-order valence-corrected chi connectivity index (χ3v) is 5.49. The van der Waals surface area contributed by atoms with Gasteiger partial charge in [0.1, 0.15) is 11.9 Å². The molecule has 10 heteroatoms. The fourth-order valence-electron chi connectivity index (χ4n) is 3.88. The summed E-state index contributed by atoms with van der Waals surface area (Å²) in [5.41, 5.74) is 5.43. The topological polar surface area (TPSA) is 90.0 Å². The van der Waals surface area contributed by atoms with Crippen molar-refractivity contribution < 1.29 is 18.7 Å². The monoisotopic (exact) mass is 442 g/mol. The van der Waals surface area contributed by atoms with Crippen LogP contribution in [-0.2, 0) is 16.1 Å². The van der Waals surface area contributed by atoms with E-state index in [1.165, 1.54) is 17.9 Å². The van der Waals surface area contributed by atoms with Crippen LogP contribution < -0.4 is 20.5 Å². The van der Waals surface area contributed by atoms with Crippen LogP contribution in [0, 0.1) is 5.82 Å². The molecule has 2 aromatic rings. The van der Waals surface area contributed by atoms with Crippen molar-refractivity contribution in [3.05, 3.63) is 54.1 Å². The summed E-state index contributed by atoms with van der Waals surface area (Å²) in [6.45, 7) is 5.34. The van der Waals surface area contributed by atoms with Gasteiger partial charge in [0.05, 0.1) is 24.5 Å². The largest absolute Gasteiger partial charge is 0.442 e. The number of aromatic nitrogens is 1. The first-order valence-corrected chi connectivity index (χ1v) is 10.6. The van der Waals surface area contributed by atoms with Gasteiger partial charge in [0.2, 0.25) is 5.91 Å². The Bertz CT molecular complexity index is 960. The number of nitrogens with one attached hydrogen (secondary N) is 2. The average molecular weight is 442 g/mol. The number of carbonyl (C=O) groups is 2. The summed E-state index contributed by atoms with van der Waals surface area (Å²) in [5, 5.41) is 4.74. The van der Waals surface area contributed by atoms with E-state index in [2.05, 4.69) is 20.7 Å². The Hall–Kier alpha value is -3.24. The van der Waals surface area contributed by atoms with Crippen molar-refractivity contribution in [1.29, 1.82) is 0 Å². The lowest BCUT2D eigenvalue weighted by Crippen LogP contribution is -2.38. The highest BCUT2D eigenvalue weighted by molar-refractivity contribution is 5.90. The van der Waals surface area contributed by atoms with Crippen LogP contribution in [0.4, 0.5) is 20.6 Å². The highest BCUT2D eigenvalue weighted by Gasteiger charge is 2.33. The number of amides is 2. The molecule has 170 valence electrons. The van der Waals surface area contributed by atoms with Crippen LogP contribution in [0.1, 0.15) is 12.5 Å². The Labute approximate surface area is 186 Å². The molecule has 0 saturated carbocycles. The van der Waals surface area contributed by atoms with Crippen molar-refractivity contribution in [1.82, 2.24) is 20.7 Å². The third-order valence-electron chi connectivity index (χ3n) is 5.49. The van der Waals surface area contributed by atoms with Crippen molar-refractivity contribution in [2.24, 2.45) is 0 Å². The molecule has 0 aliphatic carbocycles. The summed E-state index contributed by atoms with van der Waals surface area (Å²) in [4.78, 5) is 30.8. The van der Waals surface area contributed by atoms with E-state index < -0.39 is 12.2 Å². The number of hydrogen-bond acceptors (Lipinski definition) is 7. The maximum Gasteiger partial charge on any atom is 0.414 e. The molecule has 0 radical (unpaired) electrons. The number of cyclic esters (lactones) is 1. The highest BCUT2D eigenvalue weighted by atomic mass is 19.1. The number of nitrogens with zero attached hydrogens (tertiary/aromatic N) is 4. The third kappa shape index (κ3) is 5.32. The number of ether oxygens (including phenoxy) is 1. The van der Waals surface area contributed by atoms with E-state index in [9.17, 15) is 9.59 Å². The summed E-state index contributed by atoms with van der Waals surface area (Å²) in [6.07, 6.45) is 2.58. The number of carbonyl (C=O) groups excluding carboxylic acids is 2. The van der Waals surface area contributed by atoms with E-state index >= 15 is 4.39 Å². The Kier molecular flexibility index (Phi) is 6.81.